The van der Waals surface area contributed by atoms with E-state index in [1.54, 1.807) is 6.07 Å². The third-order valence-electron chi connectivity index (χ3n) is 5.87. The number of aryl methyl sites for hydroxylation is 1. The van der Waals surface area contributed by atoms with Crippen LogP contribution in [0.15, 0.2) is 35.1 Å². The van der Waals surface area contributed by atoms with Crippen molar-refractivity contribution in [3.05, 3.63) is 63.3 Å². The number of hydrogen-bond donors (Lipinski definition) is 3. The highest BCUT2D eigenvalue weighted by Crippen LogP contribution is 2.31. The van der Waals surface area contributed by atoms with Crippen LogP contribution in [0.3, 0.4) is 0 Å². The molecule has 0 radical (unpaired) electrons. The fraction of sp³-hybridized carbons (Fsp3) is 0.381. The number of carbonyl (C=O) groups excluding carboxylic acids is 1. The van der Waals surface area contributed by atoms with E-state index in [0.717, 1.165) is 47.6 Å². The Labute approximate surface area is 162 Å². The van der Waals surface area contributed by atoms with Gasteiger partial charge in [0.15, 0.2) is 0 Å². The minimum atomic E-state index is -0.324. The van der Waals surface area contributed by atoms with Crippen molar-refractivity contribution in [2.45, 2.75) is 32.4 Å². The lowest BCUT2D eigenvalue weighted by molar-refractivity contribution is 0.0948. The Balaban J connectivity index is 1.36. The van der Waals surface area contributed by atoms with Crippen LogP contribution in [0.25, 0.3) is 11.0 Å². The van der Waals surface area contributed by atoms with E-state index in [2.05, 4.69) is 20.6 Å². The van der Waals surface area contributed by atoms with Gasteiger partial charge in [-0.2, -0.15) is 0 Å². The highest BCUT2D eigenvalue weighted by Gasteiger charge is 2.31. The van der Waals surface area contributed by atoms with E-state index in [1.165, 1.54) is 0 Å². The first-order chi connectivity index (χ1) is 13.6. The topological polar surface area (TPSA) is 91.8 Å². The smallest absolute Gasteiger partial charge is 0.263 e. The number of nitrogens with one attached hydrogen (secondary N) is 3. The van der Waals surface area contributed by atoms with E-state index in [9.17, 15) is 9.59 Å². The van der Waals surface area contributed by atoms with Gasteiger partial charge in [-0.1, -0.05) is 6.07 Å². The van der Waals surface area contributed by atoms with E-state index >= 15 is 0 Å². The maximum atomic E-state index is 12.9. The maximum Gasteiger partial charge on any atom is 0.263 e. The lowest BCUT2D eigenvalue weighted by Gasteiger charge is -2.37. The normalized spacial score (nSPS) is 20.8. The third kappa shape index (κ3) is 2.92. The number of H-pyrrole nitrogens is 1. The van der Waals surface area contributed by atoms with Crippen molar-refractivity contribution in [2.24, 2.45) is 5.92 Å². The van der Waals surface area contributed by atoms with Crippen LogP contribution in [0.5, 0.6) is 0 Å². The van der Waals surface area contributed by atoms with Crippen molar-refractivity contribution in [1.29, 1.82) is 0 Å². The number of amides is 1. The molecule has 1 amide bonds. The lowest BCUT2D eigenvalue weighted by Crippen LogP contribution is -2.46. The molecule has 0 unspecified atom stereocenters. The molecule has 0 saturated carbocycles. The quantitative estimate of drug-likeness (QED) is 0.647. The average molecular weight is 377 g/mol. The second-order valence-corrected chi connectivity index (χ2v) is 7.90. The van der Waals surface area contributed by atoms with Crippen LogP contribution in [-0.2, 0) is 13.1 Å². The van der Waals surface area contributed by atoms with Crippen molar-refractivity contribution >= 4 is 16.9 Å². The molecule has 2 bridgehead atoms. The van der Waals surface area contributed by atoms with Gasteiger partial charge >= 0.3 is 0 Å². The Kier molecular flexibility index (Phi) is 4.05. The Morgan fingerprint density at radius 3 is 3.07 bits per heavy atom. The first-order valence-corrected chi connectivity index (χ1v) is 9.76. The van der Waals surface area contributed by atoms with Crippen molar-refractivity contribution in [1.82, 2.24) is 25.2 Å². The Morgan fingerprint density at radius 1 is 1.29 bits per heavy atom. The van der Waals surface area contributed by atoms with Crippen LogP contribution >= 0.6 is 0 Å². The molecular formula is C21H23N5O2. The molecule has 0 spiro atoms. The van der Waals surface area contributed by atoms with Crippen molar-refractivity contribution in [3.8, 4) is 0 Å². The van der Waals surface area contributed by atoms with E-state index in [1.807, 2.05) is 35.8 Å². The average Bonchev–Trinajstić information content (AvgIpc) is 3.06. The fourth-order valence-corrected chi connectivity index (χ4v) is 4.54. The monoisotopic (exact) mass is 377 g/mol. The fourth-order valence-electron chi connectivity index (χ4n) is 4.54. The Hall–Kier alpha value is -2.93. The number of aromatic amines is 1. The highest BCUT2D eigenvalue weighted by atomic mass is 16.2. The SMILES string of the molecule is Cc1nc2ccc(CNC(=O)c3ccc4n(c3=O)C[C@@H]3CNC[C@H]4C3)cc2[nH]1. The number of aromatic nitrogens is 3. The van der Waals surface area contributed by atoms with Gasteiger partial charge in [-0.15, -0.1) is 0 Å². The predicted molar refractivity (Wildman–Crippen MR) is 106 cm³/mol. The summed E-state index contributed by atoms with van der Waals surface area (Å²) in [6.45, 7) is 4.80. The van der Waals surface area contributed by atoms with Gasteiger partial charge in [-0.25, -0.2) is 4.98 Å². The van der Waals surface area contributed by atoms with Crippen LogP contribution < -0.4 is 16.2 Å². The molecule has 1 saturated heterocycles. The van der Waals surface area contributed by atoms with Gasteiger partial charge < -0.3 is 20.2 Å². The molecular weight excluding hydrogens is 354 g/mol. The van der Waals surface area contributed by atoms with Crippen LogP contribution in [0.2, 0.25) is 0 Å². The zero-order chi connectivity index (χ0) is 19.3. The molecule has 4 heterocycles. The standard InChI is InChI=1S/C21H23N5O2/c1-12-24-17-4-2-13(7-18(17)25-12)9-23-20(27)16-3-5-19-15-6-14(8-22-10-15)11-26(19)21(16)28/h2-5,7,14-15,22H,6,8-11H2,1H3,(H,23,27)(H,24,25)/t14-,15+/m0/s1. The van der Waals surface area contributed by atoms with E-state index < -0.39 is 0 Å². The van der Waals surface area contributed by atoms with Crippen molar-refractivity contribution in [3.63, 3.8) is 0 Å². The summed E-state index contributed by atoms with van der Waals surface area (Å²) in [5, 5.41) is 6.32. The lowest BCUT2D eigenvalue weighted by atomic mass is 9.84. The number of fused-ring (bicyclic) bond motifs is 5. The number of benzene rings is 1. The molecule has 1 fully saturated rings. The second kappa shape index (κ2) is 6.60. The van der Waals surface area contributed by atoms with Gasteiger partial charge in [0.25, 0.3) is 11.5 Å². The molecule has 1 aromatic carbocycles. The highest BCUT2D eigenvalue weighted by molar-refractivity contribution is 5.93. The summed E-state index contributed by atoms with van der Waals surface area (Å²) in [6, 6.07) is 9.48. The second-order valence-electron chi connectivity index (χ2n) is 7.90. The summed E-state index contributed by atoms with van der Waals surface area (Å²) in [6.07, 6.45) is 1.12. The van der Waals surface area contributed by atoms with E-state index in [0.29, 0.717) is 24.9 Å². The van der Waals surface area contributed by atoms with Gasteiger partial charge in [-0.3, -0.25) is 9.59 Å². The molecule has 3 aromatic rings. The van der Waals surface area contributed by atoms with Gasteiger partial charge in [0, 0.05) is 31.2 Å². The van der Waals surface area contributed by atoms with Crippen LogP contribution in [0, 0.1) is 12.8 Å². The predicted octanol–water partition coefficient (Wildman–Crippen LogP) is 1.67. The van der Waals surface area contributed by atoms with Crippen LogP contribution in [-0.4, -0.2) is 33.5 Å². The number of nitrogens with zero attached hydrogens (tertiary/aromatic N) is 2. The summed E-state index contributed by atoms with van der Waals surface area (Å²) < 4.78 is 1.81. The zero-order valence-corrected chi connectivity index (χ0v) is 15.8. The number of carbonyl (C=O) groups is 1. The number of piperidine rings is 1. The van der Waals surface area contributed by atoms with Crippen molar-refractivity contribution in [2.75, 3.05) is 13.1 Å². The van der Waals surface area contributed by atoms with Gasteiger partial charge in [0.2, 0.25) is 0 Å². The summed E-state index contributed by atoms with van der Waals surface area (Å²) in [5.74, 6) is 1.36. The molecule has 7 heteroatoms. The molecule has 0 aliphatic carbocycles. The largest absolute Gasteiger partial charge is 0.348 e. The summed E-state index contributed by atoms with van der Waals surface area (Å²) >= 11 is 0. The first-order valence-electron chi connectivity index (χ1n) is 9.76. The van der Waals surface area contributed by atoms with Crippen molar-refractivity contribution < 1.29 is 4.79 Å². The molecule has 144 valence electrons. The number of rotatable bonds is 3. The van der Waals surface area contributed by atoms with E-state index in [4.69, 9.17) is 0 Å². The summed E-state index contributed by atoms with van der Waals surface area (Å²) in [4.78, 5) is 33.2. The van der Waals surface area contributed by atoms with Gasteiger partial charge in [0.05, 0.1) is 11.0 Å². The summed E-state index contributed by atoms with van der Waals surface area (Å²) in [7, 11) is 0. The molecule has 7 nitrogen and oxygen atoms in total. The van der Waals surface area contributed by atoms with Crippen LogP contribution in [0.4, 0.5) is 0 Å². The molecule has 2 aliphatic rings. The molecule has 2 atom stereocenters. The number of imidazole rings is 1. The molecule has 28 heavy (non-hydrogen) atoms. The zero-order valence-electron chi connectivity index (χ0n) is 15.8. The van der Waals surface area contributed by atoms with Crippen LogP contribution in [0.1, 0.15) is 39.8 Å². The molecule has 2 aliphatic heterocycles. The van der Waals surface area contributed by atoms with Gasteiger partial charge in [-0.05, 0) is 55.6 Å². The Bertz CT molecular complexity index is 1130. The minimum absolute atomic E-state index is 0.175. The van der Waals surface area contributed by atoms with E-state index in [-0.39, 0.29) is 17.0 Å². The van der Waals surface area contributed by atoms with Gasteiger partial charge in [0.1, 0.15) is 11.4 Å². The molecule has 2 aromatic heterocycles. The molecule has 5 rings (SSSR count). The third-order valence-corrected chi connectivity index (χ3v) is 5.87. The maximum absolute atomic E-state index is 12.9. The number of pyridine rings is 1. The Morgan fingerprint density at radius 2 is 2.18 bits per heavy atom. The minimum Gasteiger partial charge on any atom is -0.348 e. The number of hydrogen-bond acceptors (Lipinski definition) is 4. The summed E-state index contributed by atoms with van der Waals surface area (Å²) in [5.41, 5.74) is 3.90. The first kappa shape index (κ1) is 17.2. The molecule has 3 N–H and O–H groups in total.